The number of hydrogen-bond acceptors (Lipinski definition) is 5. The summed E-state index contributed by atoms with van der Waals surface area (Å²) in [6.45, 7) is 3.21. The zero-order valence-corrected chi connectivity index (χ0v) is 11.0. The first-order valence-corrected chi connectivity index (χ1v) is 6.32. The number of rotatable bonds is 5. The van der Waals surface area contributed by atoms with Crippen molar-refractivity contribution in [3.63, 3.8) is 0 Å². The molecule has 0 spiro atoms. The van der Waals surface area contributed by atoms with Gasteiger partial charge in [-0.3, -0.25) is 4.68 Å². The number of aromatic carboxylic acids is 1. The van der Waals surface area contributed by atoms with Gasteiger partial charge in [-0.05, 0) is 6.92 Å². The highest BCUT2D eigenvalue weighted by Crippen LogP contribution is 2.10. The fourth-order valence-corrected chi connectivity index (χ4v) is 2.29. The largest absolute Gasteiger partial charge is 0.476 e. The Kier molecular flexibility index (Phi) is 3.73. The van der Waals surface area contributed by atoms with Gasteiger partial charge in [-0.25, -0.2) is 9.78 Å². The normalized spacial score (nSPS) is 10.8. The van der Waals surface area contributed by atoms with Crippen LogP contribution in [0.5, 0.6) is 0 Å². The Hall–Kier alpha value is -1.73. The second-order valence-corrected chi connectivity index (χ2v) is 4.82. The molecular weight excluding hydrogens is 252 g/mol. The van der Waals surface area contributed by atoms with Gasteiger partial charge in [0.15, 0.2) is 0 Å². The van der Waals surface area contributed by atoms with Crippen molar-refractivity contribution in [2.24, 2.45) is 7.05 Å². The van der Waals surface area contributed by atoms with Crippen LogP contribution in [0.1, 0.15) is 26.8 Å². The van der Waals surface area contributed by atoms with Gasteiger partial charge in [0, 0.05) is 37.3 Å². The lowest BCUT2D eigenvalue weighted by molar-refractivity contribution is 0.0696. The minimum Gasteiger partial charge on any atom is -0.476 e. The second-order valence-electron chi connectivity index (χ2n) is 3.97. The molecule has 2 aromatic rings. The summed E-state index contributed by atoms with van der Waals surface area (Å²) in [5.74, 6) is -0.977. The number of aromatic nitrogens is 3. The number of hydrogen-bond donors (Lipinski definition) is 2. The minimum atomic E-state index is -0.977. The number of nitrogens with one attached hydrogen (secondary N) is 1. The van der Waals surface area contributed by atoms with Crippen LogP contribution in [-0.2, 0) is 20.1 Å². The van der Waals surface area contributed by atoms with E-state index >= 15 is 0 Å². The standard InChI is InChI=1S/C11H14N4O2S/c1-7-8(5-15(2)14-7)3-12-4-9-6-18-10(13-9)11(16)17/h5-6,12H,3-4H2,1-2H3,(H,16,17). The van der Waals surface area contributed by atoms with E-state index < -0.39 is 5.97 Å². The molecule has 0 saturated heterocycles. The van der Waals surface area contributed by atoms with Crippen molar-refractivity contribution < 1.29 is 9.90 Å². The Morgan fingerprint density at radius 2 is 2.33 bits per heavy atom. The highest BCUT2D eigenvalue weighted by atomic mass is 32.1. The quantitative estimate of drug-likeness (QED) is 0.849. The van der Waals surface area contributed by atoms with E-state index in [9.17, 15) is 4.79 Å². The summed E-state index contributed by atoms with van der Waals surface area (Å²) in [6, 6.07) is 0. The zero-order chi connectivity index (χ0) is 13.1. The molecule has 0 unspecified atom stereocenters. The predicted molar refractivity (Wildman–Crippen MR) is 67.6 cm³/mol. The Morgan fingerprint density at radius 1 is 1.56 bits per heavy atom. The number of carboxylic acids is 1. The first-order chi connectivity index (χ1) is 8.56. The summed E-state index contributed by atoms with van der Waals surface area (Å²) in [5.41, 5.74) is 2.87. The lowest BCUT2D eigenvalue weighted by Crippen LogP contribution is -2.13. The average Bonchev–Trinajstić information content (AvgIpc) is 2.87. The van der Waals surface area contributed by atoms with Crippen LogP contribution >= 0.6 is 11.3 Å². The van der Waals surface area contributed by atoms with Gasteiger partial charge in [0.1, 0.15) is 0 Å². The molecule has 2 heterocycles. The molecule has 0 aliphatic rings. The number of thiazole rings is 1. The molecule has 0 aromatic carbocycles. The van der Waals surface area contributed by atoms with E-state index in [1.807, 2.05) is 20.2 Å². The maximum Gasteiger partial charge on any atom is 0.365 e. The lowest BCUT2D eigenvalue weighted by atomic mass is 10.2. The third-order valence-electron chi connectivity index (χ3n) is 2.47. The third kappa shape index (κ3) is 2.93. The Labute approximate surface area is 108 Å². The Balaban J connectivity index is 1.88. The SMILES string of the molecule is Cc1nn(C)cc1CNCc1csc(C(=O)O)n1. The fourth-order valence-electron chi connectivity index (χ4n) is 1.63. The van der Waals surface area contributed by atoms with Gasteiger partial charge in [0.25, 0.3) is 0 Å². The first kappa shape index (κ1) is 12.7. The summed E-state index contributed by atoms with van der Waals surface area (Å²) >= 11 is 1.14. The molecule has 0 amide bonds. The monoisotopic (exact) mass is 266 g/mol. The number of carboxylic acid groups (broad SMARTS) is 1. The first-order valence-electron chi connectivity index (χ1n) is 5.44. The molecule has 0 bridgehead atoms. The maximum absolute atomic E-state index is 10.7. The molecule has 0 aliphatic carbocycles. The van der Waals surface area contributed by atoms with Crippen LogP contribution in [0.3, 0.4) is 0 Å². The van der Waals surface area contributed by atoms with Gasteiger partial charge in [-0.2, -0.15) is 5.10 Å². The van der Waals surface area contributed by atoms with E-state index in [-0.39, 0.29) is 5.01 Å². The zero-order valence-electron chi connectivity index (χ0n) is 10.2. The van der Waals surface area contributed by atoms with Crippen LogP contribution in [-0.4, -0.2) is 25.8 Å². The summed E-state index contributed by atoms with van der Waals surface area (Å²) in [6.07, 6.45) is 1.96. The molecule has 96 valence electrons. The molecule has 0 fully saturated rings. The topological polar surface area (TPSA) is 80.0 Å². The van der Waals surface area contributed by atoms with Crippen molar-refractivity contribution in [2.45, 2.75) is 20.0 Å². The van der Waals surface area contributed by atoms with Crippen molar-refractivity contribution in [1.82, 2.24) is 20.1 Å². The second kappa shape index (κ2) is 5.28. The summed E-state index contributed by atoms with van der Waals surface area (Å²) < 4.78 is 1.78. The lowest BCUT2D eigenvalue weighted by Gasteiger charge is -2.00. The molecule has 7 heteroatoms. The number of nitrogens with zero attached hydrogens (tertiary/aromatic N) is 3. The fraction of sp³-hybridized carbons (Fsp3) is 0.364. The molecule has 0 atom stereocenters. The molecule has 2 aromatic heterocycles. The van der Waals surface area contributed by atoms with E-state index in [1.165, 1.54) is 0 Å². The van der Waals surface area contributed by atoms with Gasteiger partial charge in [0.2, 0.25) is 5.01 Å². The Bertz CT molecular complexity index is 561. The molecular formula is C11H14N4O2S. The average molecular weight is 266 g/mol. The summed E-state index contributed by atoms with van der Waals surface area (Å²) in [5, 5.41) is 18.1. The molecule has 6 nitrogen and oxygen atoms in total. The predicted octanol–water partition coefficient (Wildman–Crippen LogP) is 1.17. The van der Waals surface area contributed by atoms with E-state index in [0.717, 1.165) is 28.3 Å². The number of carbonyl (C=O) groups is 1. The van der Waals surface area contributed by atoms with Crippen molar-refractivity contribution in [1.29, 1.82) is 0 Å². The van der Waals surface area contributed by atoms with E-state index in [1.54, 1.807) is 10.1 Å². The van der Waals surface area contributed by atoms with Crippen molar-refractivity contribution in [2.75, 3.05) is 0 Å². The maximum atomic E-state index is 10.7. The van der Waals surface area contributed by atoms with Crippen LogP contribution in [0.2, 0.25) is 0 Å². The van der Waals surface area contributed by atoms with Crippen molar-refractivity contribution in [3.8, 4) is 0 Å². The highest BCUT2D eigenvalue weighted by molar-refractivity contribution is 7.11. The molecule has 0 aliphatic heterocycles. The van der Waals surface area contributed by atoms with Crippen molar-refractivity contribution >= 4 is 17.3 Å². The molecule has 0 radical (unpaired) electrons. The van der Waals surface area contributed by atoms with E-state index in [2.05, 4.69) is 15.4 Å². The highest BCUT2D eigenvalue weighted by Gasteiger charge is 2.08. The van der Waals surface area contributed by atoms with Crippen molar-refractivity contribution in [3.05, 3.63) is 33.5 Å². The number of aryl methyl sites for hydroxylation is 2. The molecule has 2 N–H and O–H groups in total. The van der Waals surface area contributed by atoms with Crippen LogP contribution in [0, 0.1) is 6.92 Å². The van der Waals surface area contributed by atoms with Crippen LogP contribution in [0.25, 0.3) is 0 Å². The summed E-state index contributed by atoms with van der Waals surface area (Å²) in [4.78, 5) is 14.7. The van der Waals surface area contributed by atoms with E-state index in [0.29, 0.717) is 13.1 Å². The Morgan fingerprint density at radius 3 is 2.89 bits per heavy atom. The van der Waals surface area contributed by atoms with E-state index in [4.69, 9.17) is 5.11 Å². The third-order valence-corrected chi connectivity index (χ3v) is 3.35. The van der Waals surface area contributed by atoms with Gasteiger partial charge in [-0.1, -0.05) is 0 Å². The molecule has 18 heavy (non-hydrogen) atoms. The van der Waals surface area contributed by atoms with Gasteiger partial charge >= 0.3 is 5.97 Å². The molecule has 0 saturated carbocycles. The molecule has 2 rings (SSSR count). The van der Waals surface area contributed by atoms with Gasteiger partial charge in [0.05, 0.1) is 11.4 Å². The van der Waals surface area contributed by atoms with Crippen LogP contribution in [0.15, 0.2) is 11.6 Å². The minimum absolute atomic E-state index is 0.129. The smallest absolute Gasteiger partial charge is 0.365 e. The van der Waals surface area contributed by atoms with Crippen LogP contribution in [0.4, 0.5) is 0 Å². The van der Waals surface area contributed by atoms with Gasteiger partial charge < -0.3 is 10.4 Å². The summed E-state index contributed by atoms with van der Waals surface area (Å²) in [7, 11) is 1.88. The van der Waals surface area contributed by atoms with Gasteiger partial charge in [-0.15, -0.1) is 11.3 Å². The van der Waals surface area contributed by atoms with Crippen LogP contribution < -0.4 is 5.32 Å².